The predicted molar refractivity (Wildman–Crippen MR) is 63.3 cm³/mol. The molecule has 0 heterocycles. The maximum Gasteiger partial charge on any atom is 0.310 e. The van der Waals surface area contributed by atoms with Crippen LogP contribution in [0.1, 0.15) is 12.8 Å². The summed E-state index contributed by atoms with van der Waals surface area (Å²) in [5.41, 5.74) is 0. The van der Waals surface area contributed by atoms with Crippen LogP contribution in [0.25, 0.3) is 0 Å². The molecular weight excluding hydrogens is 232 g/mol. The molecular formula is C14H18O4. The van der Waals surface area contributed by atoms with E-state index in [1.165, 1.54) is 14.2 Å². The maximum atomic E-state index is 12.0. The van der Waals surface area contributed by atoms with Crippen LogP contribution >= 0.6 is 0 Å². The van der Waals surface area contributed by atoms with Gasteiger partial charge >= 0.3 is 11.9 Å². The summed E-state index contributed by atoms with van der Waals surface area (Å²) in [6.07, 6.45) is 6.56. The second kappa shape index (κ2) is 4.11. The molecule has 4 rings (SSSR count). The van der Waals surface area contributed by atoms with Crippen LogP contribution in [0.15, 0.2) is 12.2 Å². The standard InChI is InChI=1S/C14H18O4/c1-17-13(15)11-9-5-6-10(8-4-3-7(8)9)12(11)14(16)18-2/h5-12H,3-4H2,1-2H3/t7-,8-,9+,10+,11-,12+/m0/s1. The Morgan fingerprint density at radius 2 is 1.28 bits per heavy atom. The summed E-state index contributed by atoms with van der Waals surface area (Å²) < 4.78 is 9.79. The second-order valence-electron chi connectivity index (χ2n) is 5.54. The van der Waals surface area contributed by atoms with E-state index in [0.717, 1.165) is 12.8 Å². The first-order valence-electron chi connectivity index (χ1n) is 6.53. The zero-order valence-electron chi connectivity index (χ0n) is 10.7. The molecule has 4 heteroatoms. The lowest BCUT2D eigenvalue weighted by atomic mass is 9.46. The fraction of sp³-hybridized carbons (Fsp3) is 0.714. The largest absolute Gasteiger partial charge is 0.469 e. The zero-order valence-corrected chi connectivity index (χ0v) is 10.7. The third kappa shape index (κ3) is 1.38. The van der Waals surface area contributed by atoms with Crippen LogP contribution < -0.4 is 0 Å². The zero-order chi connectivity index (χ0) is 12.9. The van der Waals surface area contributed by atoms with Gasteiger partial charge in [-0.15, -0.1) is 0 Å². The Kier molecular flexibility index (Phi) is 2.68. The normalized spacial score (nSPS) is 43.9. The Hall–Kier alpha value is -1.32. The number of carbonyl (C=O) groups excluding carboxylic acids is 2. The van der Waals surface area contributed by atoms with Gasteiger partial charge in [0, 0.05) is 0 Å². The van der Waals surface area contributed by atoms with Crippen LogP contribution in [0, 0.1) is 35.5 Å². The van der Waals surface area contributed by atoms with Gasteiger partial charge in [0.2, 0.25) is 0 Å². The lowest BCUT2D eigenvalue weighted by molar-refractivity contribution is -0.174. The van der Waals surface area contributed by atoms with Crippen molar-refractivity contribution in [1.29, 1.82) is 0 Å². The fourth-order valence-electron chi connectivity index (χ4n) is 4.18. The number of allylic oxidation sites excluding steroid dienone is 2. The summed E-state index contributed by atoms with van der Waals surface area (Å²) in [6.45, 7) is 0. The van der Waals surface area contributed by atoms with Crippen LogP contribution in [0.4, 0.5) is 0 Å². The van der Waals surface area contributed by atoms with Gasteiger partial charge in [-0.3, -0.25) is 9.59 Å². The van der Waals surface area contributed by atoms with Gasteiger partial charge in [0.05, 0.1) is 26.1 Å². The summed E-state index contributed by atoms with van der Waals surface area (Å²) in [5, 5.41) is 0. The number of rotatable bonds is 2. The van der Waals surface area contributed by atoms with Gasteiger partial charge in [-0.2, -0.15) is 0 Å². The Morgan fingerprint density at radius 3 is 1.56 bits per heavy atom. The van der Waals surface area contributed by atoms with Crippen molar-refractivity contribution in [2.75, 3.05) is 14.2 Å². The molecule has 4 aliphatic rings. The first kappa shape index (κ1) is 11.8. The summed E-state index contributed by atoms with van der Waals surface area (Å²) >= 11 is 0. The third-order valence-corrected chi connectivity index (χ3v) is 5.09. The molecule has 18 heavy (non-hydrogen) atoms. The first-order valence-corrected chi connectivity index (χ1v) is 6.53. The van der Waals surface area contributed by atoms with Crippen LogP contribution in [0.5, 0.6) is 0 Å². The van der Waals surface area contributed by atoms with E-state index in [1.54, 1.807) is 0 Å². The molecule has 2 fully saturated rings. The Labute approximate surface area is 106 Å². The Balaban J connectivity index is 1.97. The Bertz CT molecular complexity index is 376. The van der Waals surface area contributed by atoms with Crippen LogP contribution in [-0.4, -0.2) is 26.2 Å². The average molecular weight is 250 g/mol. The van der Waals surface area contributed by atoms with Gasteiger partial charge in [0.15, 0.2) is 0 Å². The average Bonchev–Trinajstić information content (AvgIpc) is 2.35. The highest BCUT2D eigenvalue weighted by molar-refractivity contribution is 5.84. The molecule has 2 bridgehead atoms. The molecule has 0 saturated heterocycles. The number of hydrogen-bond acceptors (Lipinski definition) is 4. The van der Waals surface area contributed by atoms with E-state index < -0.39 is 0 Å². The molecule has 0 N–H and O–H groups in total. The molecule has 2 saturated carbocycles. The van der Waals surface area contributed by atoms with E-state index in [2.05, 4.69) is 12.2 Å². The lowest BCUT2D eigenvalue weighted by Crippen LogP contribution is -2.57. The molecule has 4 nitrogen and oxygen atoms in total. The van der Waals surface area contributed by atoms with Crippen molar-refractivity contribution in [2.24, 2.45) is 35.5 Å². The highest BCUT2D eigenvalue weighted by atomic mass is 16.5. The van der Waals surface area contributed by atoms with E-state index in [1.807, 2.05) is 0 Å². The van der Waals surface area contributed by atoms with Gasteiger partial charge in [0.1, 0.15) is 0 Å². The molecule has 98 valence electrons. The number of ether oxygens (including phenoxy) is 2. The van der Waals surface area contributed by atoms with Crippen molar-refractivity contribution in [3.05, 3.63) is 12.2 Å². The quantitative estimate of drug-likeness (QED) is 0.549. The van der Waals surface area contributed by atoms with Gasteiger partial charge < -0.3 is 9.47 Å². The monoisotopic (exact) mass is 250 g/mol. The van der Waals surface area contributed by atoms with E-state index in [-0.39, 0.29) is 35.6 Å². The number of fused-ring (bicyclic) bond motifs is 1. The summed E-state index contributed by atoms with van der Waals surface area (Å²) in [7, 11) is 2.78. The first-order chi connectivity index (χ1) is 8.69. The number of methoxy groups -OCH3 is 2. The molecule has 4 aliphatic carbocycles. The third-order valence-electron chi connectivity index (χ3n) is 5.09. The van der Waals surface area contributed by atoms with E-state index >= 15 is 0 Å². The van der Waals surface area contributed by atoms with E-state index in [4.69, 9.17) is 9.47 Å². The van der Waals surface area contributed by atoms with Gasteiger partial charge in [-0.05, 0) is 36.5 Å². The molecule has 0 spiro atoms. The summed E-state index contributed by atoms with van der Waals surface area (Å²) in [6, 6.07) is 0. The SMILES string of the molecule is COC(=O)[C@@H]1[C@@H]2C=C[C@H]([C@H]3CC[C@H]23)[C@@H]1C(=O)OC. The van der Waals surface area contributed by atoms with Crippen molar-refractivity contribution in [2.45, 2.75) is 12.8 Å². The second-order valence-corrected chi connectivity index (χ2v) is 5.54. The molecule has 0 radical (unpaired) electrons. The van der Waals surface area contributed by atoms with Gasteiger partial charge in [0.25, 0.3) is 0 Å². The van der Waals surface area contributed by atoms with Crippen molar-refractivity contribution in [3.8, 4) is 0 Å². The maximum absolute atomic E-state index is 12.0. The van der Waals surface area contributed by atoms with E-state index in [9.17, 15) is 9.59 Å². The molecule has 0 aliphatic heterocycles. The van der Waals surface area contributed by atoms with Crippen molar-refractivity contribution in [3.63, 3.8) is 0 Å². The van der Waals surface area contributed by atoms with E-state index in [0.29, 0.717) is 11.8 Å². The topological polar surface area (TPSA) is 52.6 Å². The molecule has 0 unspecified atom stereocenters. The summed E-state index contributed by atoms with van der Waals surface area (Å²) in [4.78, 5) is 24.0. The minimum atomic E-state index is -0.348. The number of esters is 2. The molecule has 0 amide bonds. The Morgan fingerprint density at radius 1 is 0.889 bits per heavy atom. The van der Waals surface area contributed by atoms with Gasteiger partial charge in [-0.25, -0.2) is 0 Å². The lowest BCUT2D eigenvalue weighted by Gasteiger charge is -2.57. The smallest absolute Gasteiger partial charge is 0.310 e. The minimum absolute atomic E-state index is 0.158. The molecule has 0 aromatic carbocycles. The molecule has 6 atom stereocenters. The molecule has 0 aromatic rings. The fourth-order valence-corrected chi connectivity index (χ4v) is 4.18. The van der Waals surface area contributed by atoms with Crippen molar-refractivity contribution < 1.29 is 19.1 Å². The van der Waals surface area contributed by atoms with Gasteiger partial charge in [-0.1, -0.05) is 12.2 Å². The highest BCUT2D eigenvalue weighted by Gasteiger charge is 2.59. The van der Waals surface area contributed by atoms with Crippen LogP contribution in [0.3, 0.4) is 0 Å². The summed E-state index contributed by atoms with van der Waals surface area (Å²) in [5.74, 6) is 0.203. The van der Waals surface area contributed by atoms with Crippen LogP contribution in [0.2, 0.25) is 0 Å². The van der Waals surface area contributed by atoms with Crippen LogP contribution in [-0.2, 0) is 19.1 Å². The van der Waals surface area contributed by atoms with Crippen molar-refractivity contribution in [1.82, 2.24) is 0 Å². The minimum Gasteiger partial charge on any atom is -0.469 e. The highest BCUT2D eigenvalue weighted by Crippen LogP contribution is 2.59. The number of hydrogen-bond donors (Lipinski definition) is 0. The van der Waals surface area contributed by atoms with Crippen molar-refractivity contribution >= 4 is 11.9 Å². The number of carbonyl (C=O) groups is 2. The predicted octanol–water partition coefficient (Wildman–Crippen LogP) is 1.41. The molecule has 0 aromatic heterocycles.